The van der Waals surface area contributed by atoms with Gasteiger partial charge in [-0.3, -0.25) is 4.55 Å². The quantitative estimate of drug-likeness (QED) is 0.348. The molecular formula is C10H14N3NaO5S+2. The van der Waals surface area contributed by atoms with E-state index in [1.807, 2.05) is 19.9 Å². The van der Waals surface area contributed by atoms with Gasteiger partial charge < -0.3 is 4.90 Å². The first-order chi connectivity index (χ1) is 8.74. The van der Waals surface area contributed by atoms with Crippen molar-refractivity contribution in [2.75, 3.05) is 6.54 Å². The van der Waals surface area contributed by atoms with Gasteiger partial charge in [-0.1, -0.05) is 13.8 Å². The summed E-state index contributed by atoms with van der Waals surface area (Å²) in [6, 6.07) is -0.150. The molecule has 0 aliphatic carbocycles. The first-order valence-electron chi connectivity index (χ1n) is 5.62. The van der Waals surface area contributed by atoms with Crippen LogP contribution in [0.5, 0.6) is 0 Å². The second-order valence-electron chi connectivity index (χ2n) is 4.67. The Morgan fingerprint density at radius 1 is 1.60 bits per heavy atom. The van der Waals surface area contributed by atoms with Crippen molar-refractivity contribution in [3.63, 3.8) is 0 Å². The van der Waals surface area contributed by atoms with Crippen LogP contribution < -0.4 is 29.6 Å². The van der Waals surface area contributed by atoms with Gasteiger partial charge >= 0.3 is 47.4 Å². The van der Waals surface area contributed by atoms with Gasteiger partial charge in [-0.25, -0.2) is 4.79 Å². The minimum absolute atomic E-state index is 0. The molecule has 1 saturated heterocycles. The molecule has 0 saturated carbocycles. The standard InChI is InChI=1S/C10H13N3O5S.Na/c1-6(2)8-3-7(4-11)12-5-9(8)13(10(12)14)18-19(15,16)17;/h3,6-7,9H,5H2,1-2H3,(H,15,16,17);/q;+1/p+1/t7-,9-;/m0./s1. The third-order valence-electron chi connectivity index (χ3n) is 3.13. The summed E-state index contributed by atoms with van der Waals surface area (Å²) in [4.78, 5) is 13.2. The molecule has 104 valence electrons. The van der Waals surface area contributed by atoms with Crippen molar-refractivity contribution in [2.45, 2.75) is 25.9 Å². The second kappa shape index (κ2) is 6.01. The molecule has 2 amide bonds. The van der Waals surface area contributed by atoms with Crippen molar-refractivity contribution in [1.82, 2.24) is 9.96 Å². The fraction of sp³-hybridized carbons (Fsp3) is 0.600. The van der Waals surface area contributed by atoms with Crippen LogP contribution in [0.4, 0.5) is 4.79 Å². The van der Waals surface area contributed by atoms with E-state index >= 15 is 0 Å². The van der Waals surface area contributed by atoms with Gasteiger partial charge in [0.15, 0.2) is 0 Å². The maximum Gasteiger partial charge on any atom is 1.00 e. The van der Waals surface area contributed by atoms with Crippen LogP contribution in [0.3, 0.4) is 0 Å². The fourth-order valence-electron chi connectivity index (χ4n) is 2.32. The molecular weight excluding hydrogens is 297 g/mol. The van der Waals surface area contributed by atoms with E-state index in [-0.39, 0.29) is 43.4 Å². The molecule has 2 aliphatic heterocycles. The minimum atomic E-state index is -4.78. The Balaban J connectivity index is 0.00000200. The summed E-state index contributed by atoms with van der Waals surface area (Å²) in [5.74, 6) is 0.0152. The molecule has 0 aromatic carbocycles. The predicted octanol–water partition coefficient (Wildman–Crippen LogP) is -2.57. The van der Waals surface area contributed by atoms with Gasteiger partial charge in [0.25, 0.3) is 0 Å². The average molecular weight is 311 g/mol. The summed E-state index contributed by atoms with van der Waals surface area (Å²) < 4.78 is 34.6. The van der Waals surface area contributed by atoms with E-state index in [1.165, 1.54) is 4.90 Å². The van der Waals surface area contributed by atoms with Crippen LogP contribution in [0, 0.1) is 17.2 Å². The molecule has 0 aromatic rings. The average Bonchev–Trinajstić information content (AvgIpc) is 2.54. The van der Waals surface area contributed by atoms with E-state index in [0.717, 1.165) is 5.57 Å². The van der Waals surface area contributed by atoms with Gasteiger partial charge in [-0.15, -0.1) is 4.28 Å². The molecule has 1 N–H and O–H groups in total. The summed E-state index contributed by atoms with van der Waals surface area (Å²) >= 11 is 0. The maximum absolute atomic E-state index is 12.0. The van der Waals surface area contributed by atoms with Crippen LogP contribution in [-0.4, -0.2) is 47.6 Å². The molecule has 0 spiro atoms. The zero-order valence-electron chi connectivity index (χ0n) is 12.3. The van der Waals surface area contributed by atoms with E-state index in [4.69, 9.17) is 9.81 Å². The molecule has 0 aromatic heterocycles. The molecule has 2 aliphatic rings. The van der Waals surface area contributed by atoms with E-state index < -0.39 is 28.5 Å². The Hall–Kier alpha value is -0.630. The Bertz CT molecular complexity index is 588. The smallest absolute Gasteiger partial charge is 0.301 e. The van der Waals surface area contributed by atoms with Crippen molar-refractivity contribution < 1.29 is 53.0 Å². The SMILES string of the molecule is CC(C)C1=C[C@@H](C#N)N2C[C@@H]1N(OS(=O)(=O)O)C2=O.[H+].[Na+]. The molecule has 2 atom stereocenters. The van der Waals surface area contributed by atoms with Gasteiger partial charge in [-0.05, 0) is 17.6 Å². The number of urea groups is 1. The molecule has 20 heavy (non-hydrogen) atoms. The molecule has 0 unspecified atom stereocenters. The van der Waals surface area contributed by atoms with E-state index in [9.17, 15) is 13.2 Å². The second-order valence-corrected chi connectivity index (χ2v) is 5.68. The number of hydroxylamine groups is 2. The third-order valence-corrected chi connectivity index (χ3v) is 3.48. The monoisotopic (exact) mass is 311 g/mol. The van der Waals surface area contributed by atoms with Crippen LogP contribution in [0.25, 0.3) is 0 Å². The molecule has 2 bridgehead atoms. The zero-order chi connectivity index (χ0) is 14.4. The van der Waals surface area contributed by atoms with Crippen LogP contribution in [0.1, 0.15) is 15.3 Å². The summed E-state index contributed by atoms with van der Waals surface area (Å²) in [5.41, 5.74) is 0.734. The van der Waals surface area contributed by atoms with Crippen molar-refractivity contribution in [3.8, 4) is 6.07 Å². The fourth-order valence-corrected chi connectivity index (χ4v) is 2.70. The van der Waals surface area contributed by atoms with Crippen LogP contribution in [0.15, 0.2) is 11.6 Å². The van der Waals surface area contributed by atoms with E-state index in [0.29, 0.717) is 5.06 Å². The van der Waals surface area contributed by atoms with Gasteiger partial charge in [-0.2, -0.15) is 18.7 Å². The van der Waals surface area contributed by atoms with Crippen molar-refractivity contribution in [3.05, 3.63) is 11.6 Å². The molecule has 0 radical (unpaired) electrons. The Morgan fingerprint density at radius 2 is 2.20 bits per heavy atom. The summed E-state index contributed by atoms with van der Waals surface area (Å²) in [6.45, 7) is 3.89. The topological polar surface area (TPSA) is 111 Å². The van der Waals surface area contributed by atoms with Gasteiger partial charge in [0.2, 0.25) is 0 Å². The Labute approximate surface area is 140 Å². The van der Waals surface area contributed by atoms with Crippen molar-refractivity contribution in [1.29, 1.82) is 5.26 Å². The number of hydrogen-bond acceptors (Lipinski definition) is 5. The van der Waals surface area contributed by atoms with Crippen LogP contribution >= 0.6 is 0 Å². The summed E-state index contributed by atoms with van der Waals surface area (Å²) in [5, 5.41) is 9.64. The first-order valence-corrected chi connectivity index (χ1v) is 6.99. The van der Waals surface area contributed by atoms with E-state index in [2.05, 4.69) is 4.28 Å². The number of amides is 2. The Kier molecular flexibility index (Phi) is 5.23. The largest absolute Gasteiger partial charge is 1.00 e. The van der Waals surface area contributed by atoms with Gasteiger partial charge in [0.1, 0.15) is 12.1 Å². The molecule has 10 heteroatoms. The van der Waals surface area contributed by atoms with Crippen LogP contribution in [0.2, 0.25) is 0 Å². The number of nitrogens with zero attached hydrogens (tertiary/aromatic N) is 3. The van der Waals surface area contributed by atoms with E-state index in [1.54, 1.807) is 6.08 Å². The molecule has 1 fully saturated rings. The molecule has 8 nitrogen and oxygen atoms in total. The van der Waals surface area contributed by atoms with Crippen LogP contribution in [-0.2, 0) is 14.7 Å². The maximum atomic E-state index is 12.0. The van der Waals surface area contributed by atoms with Gasteiger partial charge in [0, 0.05) is 0 Å². The number of hydrogen-bond donors (Lipinski definition) is 1. The predicted molar refractivity (Wildman–Crippen MR) is 63.8 cm³/mol. The van der Waals surface area contributed by atoms with Crippen molar-refractivity contribution in [2.24, 2.45) is 5.92 Å². The first kappa shape index (κ1) is 17.4. The number of fused-ring (bicyclic) bond motifs is 2. The molecule has 2 heterocycles. The molecule has 2 rings (SSSR count). The normalized spacial score (nSPS) is 25.4. The third kappa shape index (κ3) is 3.16. The van der Waals surface area contributed by atoms with Gasteiger partial charge in [0.05, 0.1) is 12.6 Å². The minimum Gasteiger partial charge on any atom is -0.301 e. The summed E-state index contributed by atoms with van der Waals surface area (Å²) in [7, 11) is -4.78. The number of rotatable bonds is 3. The number of carbonyl (C=O) groups excluding carboxylic acids is 1. The summed E-state index contributed by atoms with van der Waals surface area (Å²) in [6.07, 6.45) is 1.63. The number of nitriles is 1. The number of carbonyl (C=O) groups is 1. The van der Waals surface area contributed by atoms with Crippen molar-refractivity contribution >= 4 is 16.4 Å². The Morgan fingerprint density at radius 3 is 2.65 bits per heavy atom. The zero-order valence-corrected chi connectivity index (χ0v) is 14.2.